The van der Waals surface area contributed by atoms with Gasteiger partial charge in [-0.1, -0.05) is 30.9 Å². The monoisotopic (exact) mass is 275 g/mol. The minimum Gasteiger partial charge on any atom is -0.490 e. The summed E-state index contributed by atoms with van der Waals surface area (Å²) in [6.07, 6.45) is 0.0996. The van der Waals surface area contributed by atoms with Gasteiger partial charge in [0, 0.05) is 13.1 Å². The Morgan fingerprint density at radius 2 is 2.30 bits per heavy atom. The molecule has 20 heavy (non-hydrogen) atoms. The van der Waals surface area contributed by atoms with E-state index in [-0.39, 0.29) is 12.7 Å². The van der Waals surface area contributed by atoms with Crippen molar-refractivity contribution < 1.29 is 14.6 Å². The minimum atomic E-state index is -0.147. The molecule has 1 aromatic carbocycles. The zero-order valence-electron chi connectivity index (χ0n) is 11.8. The van der Waals surface area contributed by atoms with Crippen LogP contribution in [0, 0.1) is 11.8 Å². The first-order valence-electron chi connectivity index (χ1n) is 6.99. The van der Waals surface area contributed by atoms with E-state index < -0.39 is 0 Å². The first-order valence-corrected chi connectivity index (χ1v) is 6.99. The molecule has 0 spiro atoms. The largest absolute Gasteiger partial charge is 0.490 e. The molecule has 4 heteroatoms. The molecule has 108 valence electrons. The van der Waals surface area contributed by atoms with Crippen molar-refractivity contribution in [3.05, 3.63) is 29.8 Å². The summed E-state index contributed by atoms with van der Waals surface area (Å²) in [5.41, 5.74) is 0.796. The molecule has 1 fully saturated rings. The Hall–Kier alpha value is -1.54. The molecule has 0 bridgehead atoms. The Morgan fingerprint density at radius 3 is 3.10 bits per heavy atom. The maximum atomic E-state index is 8.77. The standard InChI is InChI=1S/C16H21NO3/c1-2-17-9-11-19-15(12-17)13-20-16-8-4-3-6-14(16)7-5-10-18/h3-4,6,8,15,18H,2,9-13H2,1H3. The molecular weight excluding hydrogens is 254 g/mol. The number of hydrogen-bond acceptors (Lipinski definition) is 4. The molecule has 0 amide bonds. The molecule has 1 aliphatic heterocycles. The average molecular weight is 275 g/mol. The summed E-state index contributed by atoms with van der Waals surface area (Å²) in [4.78, 5) is 2.36. The van der Waals surface area contributed by atoms with Crippen molar-refractivity contribution in [2.75, 3.05) is 39.5 Å². The normalized spacial score (nSPS) is 19.2. The van der Waals surface area contributed by atoms with Gasteiger partial charge >= 0.3 is 0 Å². The van der Waals surface area contributed by atoms with Gasteiger partial charge in [0.25, 0.3) is 0 Å². The third kappa shape index (κ3) is 4.24. The van der Waals surface area contributed by atoms with E-state index in [1.807, 2.05) is 24.3 Å². The molecular formula is C16H21NO3. The molecule has 0 saturated carbocycles. The number of hydrogen-bond donors (Lipinski definition) is 1. The highest BCUT2D eigenvalue weighted by atomic mass is 16.5. The predicted octanol–water partition coefficient (Wildman–Crippen LogP) is 1.13. The van der Waals surface area contributed by atoms with E-state index in [4.69, 9.17) is 14.6 Å². The van der Waals surface area contributed by atoms with Crippen LogP contribution in [0.25, 0.3) is 0 Å². The Bertz CT molecular complexity index is 478. The van der Waals surface area contributed by atoms with E-state index >= 15 is 0 Å². The van der Waals surface area contributed by atoms with Crippen molar-refractivity contribution in [3.63, 3.8) is 0 Å². The lowest BCUT2D eigenvalue weighted by molar-refractivity contribution is -0.0464. The first kappa shape index (κ1) is 14.9. The smallest absolute Gasteiger partial charge is 0.135 e. The molecule has 0 aliphatic carbocycles. The molecule has 1 aromatic rings. The van der Waals surface area contributed by atoms with Crippen LogP contribution in [0.2, 0.25) is 0 Å². The number of benzene rings is 1. The van der Waals surface area contributed by atoms with Crippen LogP contribution in [0.1, 0.15) is 12.5 Å². The summed E-state index contributed by atoms with van der Waals surface area (Å²) in [7, 11) is 0. The number of nitrogens with zero attached hydrogens (tertiary/aromatic N) is 1. The highest BCUT2D eigenvalue weighted by Crippen LogP contribution is 2.17. The number of para-hydroxylation sites is 1. The van der Waals surface area contributed by atoms with Crippen LogP contribution in [-0.4, -0.2) is 55.6 Å². The topological polar surface area (TPSA) is 41.9 Å². The number of aliphatic hydroxyl groups excluding tert-OH is 1. The van der Waals surface area contributed by atoms with Gasteiger partial charge in [-0.15, -0.1) is 0 Å². The van der Waals surface area contributed by atoms with E-state index in [0.29, 0.717) is 6.61 Å². The fraction of sp³-hybridized carbons (Fsp3) is 0.500. The number of morpholine rings is 1. The summed E-state index contributed by atoms with van der Waals surface area (Å²) in [5.74, 6) is 6.28. The lowest BCUT2D eigenvalue weighted by atomic mass is 10.2. The van der Waals surface area contributed by atoms with Gasteiger partial charge in [0.15, 0.2) is 0 Å². The van der Waals surface area contributed by atoms with E-state index in [1.54, 1.807) is 0 Å². The van der Waals surface area contributed by atoms with Gasteiger partial charge in [0.1, 0.15) is 25.1 Å². The molecule has 1 atom stereocenters. The highest BCUT2D eigenvalue weighted by Gasteiger charge is 2.19. The Labute approximate surface area is 120 Å². The third-order valence-corrected chi connectivity index (χ3v) is 3.28. The molecule has 2 rings (SSSR count). The van der Waals surface area contributed by atoms with Gasteiger partial charge < -0.3 is 14.6 Å². The van der Waals surface area contributed by atoms with Gasteiger partial charge in [-0.3, -0.25) is 4.90 Å². The molecule has 1 heterocycles. The summed E-state index contributed by atoms with van der Waals surface area (Å²) < 4.78 is 11.5. The Morgan fingerprint density at radius 1 is 1.45 bits per heavy atom. The number of aliphatic hydroxyl groups is 1. The van der Waals surface area contributed by atoms with Gasteiger partial charge in [0.05, 0.1) is 12.2 Å². The van der Waals surface area contributed by atoms with Crippen molar-refractivity contribution in [2.24, 2.45) is 0 Å². The van der Waals surface area contributed by atoms with Crippen LogP contribution in [-0.2, 0) is 4.74 Å². The molecule has 0 aromatic heterocycles. The fourth-order valence-electron chi connectivity index (χ4n) is 2.18. The Kier molecular flexibility index (Phi) is 5.87. The highest BCUT2D eigenvalue weighted by molar-refractivity contribution is 5.45. The van der Waals surface area contributed by atoms with Crippen molar-refractivity contribution >= 4 is 0 Å². The molecule has 1 saturated heterocycles. The van der Waals surface area contributed by atoms with Crippen LogP contribution < -0.4 is 4.74 Å². The SMILES string of the molecule is CCN1CCOC(COc2ccccc2C#CCO)C1. The lowest BCUT2D eigenvalue weighted by Crippen LogP contribution is -2.44. The lowest BCUT2D eigenvalue weighted by Gasteiger charge is -2.31. The fourth-order valence-corrected chi connectivity index (χ4v) is 2.18. The second-order valence-electron chi connectivity index (χ2n) is 4.65. The van der Waals surface area contributed by atoms with Gasteiger partial charge in [-0.25, -0.2) is 0 Å². The van der Waals surface area contributed by atoms with Crippen molar-refractivity contribution in [3.8, 4) is 17.6 Å². The van der Waals surface area contributed by atoms with E-state index in [0.717, 1.165) is 37.6 Å². The first-order chi connectivity index (χ1) is 9.83. The third-order valence-electron chi connectivity index (χ3n) is 3.28. The van der Waals surface area contributed by atoms with Crippen LogP contribution >= 0.6 is 0 Å². The van der Waals surface area contributed by atoms with E-state index in [1.165, 1.54) is 0 Å². The van der Waals surface area contributed by atoms with Crippen LogP contribution in [0.3, 0.4) is 0 Å². The minimum absolute atomic E-state index is 0.0996. The summed E-state index contributed by atoms with van der Waals surface area (Å²) in [5, 5.41) is 8.77. The van der Waals surface area contributed by atoms with Gasteiger partial charge in [0.2, 0.25) is 0 Å². The summed E-state index contributed by atoms with van der Waals surface area (Å²) in [6.45, 7) is 6.22. The van der Waals surface area contributed by atoms with E-state index in [9.17, 15) is 0 Å². The molecule has 0 radical (unpaired) electrons. The van der Waals surface area contributed by atoms with Crippen molar-refractivity contribution in [1.82, 2.24) is 4.90 Å². The number of likely N-dealkylation sites (N-methyl/N-ethyl adjacent to an activating group) is 1. The Balaban J connectivity index is 1.93. The van der Waals surface area contributed by atoms with Crippen LogP contribution in [0.4, 0.5) is 0 Å². The van der Waals surface area contributed by atoms with Crippen molar-refractivity contribution in [2.45, 2.75) is 13.0 Å². The zero-order valence-corrected chi connectivity index (χ0v) is 11.8. The molecule has 4 nitrogen and oxygen atoms in total. The second kappa shape index (κ2) is 7.91. The van der Waals surface area contributed by atoms with Crippen LogP contribution in [0.15, 0.2) is 24.3 Å². The summed E-state index contributed by atoms with van der Waals surface area (Å²) >= 11 is 0. The van der Waals surface area contributed by atoms with Crippen LogP contribution in [0.5, 0.6) is 5.75 Å². The number of ether oxygens (including phenoxy) is 2. The molecule has 1 N–H and O–H groups in total. The molecule has 1 unspecified atom stereocenters. The quantitative estimate of drug-likeness (QED) is 0.837. The maximum absolute atomic E-state index is 8.77. The second-order valence-corrected chi connectivity index (χ2v) is 4.65. The van der Waals surface area contributed by atoms with Gasteiger partial charge in [-0.05, 0) is 18.7 Å². The van der Waals surface area contributed by atoms with Gasteiger partial charge in [-0.2, -0.15) is 0 Å². The average Bonchev–Trinajstić information content (AvgIpc) is 2.52. The zero-order chi connectivity index (χ0) is 14.2. The van der Waals surface area contributed by atoms with E-state index in [2.05, 4.69) is 23.7 Å². The predicted molar refractivity (Wildman–Crippen MR) is 77.8 cm³/mol. The van der Waals surface area contributed by atoms with Crippen molar-refractivity contribution in [1.29, 1.82) is 0 Å². The summed E-state index contributed by atoms with van der Waals surface area (Å²) in [6, 6.07) is 7.60. The number of rotatable bonds is 4. The molecule has 1 aliphatic rings. The maximum Gasteiger partial charge on any atom is 0.135 e.